The average molecular weight is 434 g/mol. The number of nitrogens with zero attached hydrogens (tertiary/aromatic N) is 2. The van der Waals surface area contributed by atoms with Gasteiger partial charge in [-0.05, 0) is 31.0 Å². The number of pyridine rings is 1. The van der Waals surface area contributed by atoms with Crippen LogP contribution < -0.4 is 14.8 Å². The van der Waals surface area contributed by atoms with Gasteiger partial charge in [0.25, 0.3) is 0 Å². The van der Waals surface area contributed by atoms with Crippen LogP contribution in [-0.4, -0.2) is 30.9 Å². The summed E-state index contributed by atoms with van der Waals surface area (Å²) in [7, 11) is 3.02. The molecule has 0 aliphatic rings. The molecule has 1 aromatic carbocycles. The maximum atomic E-state index is 12.4. The lowest BCUT2D eigenvalue weighted by Crippen LogP contribution is -2.13. The molecule has 1 amide bonds. The third kappa shape index (κ3) is 6.55. The second kappa shape index (κ2) is 11.5. The first-order valence-corrected chi connectivity index (χ1v) is 10.6. The standard InChI is InChI=1S/C21H24ClN3O3S/c1-4-5-6-15-8-7-14(13-23)21(24-15)29-10-9-20(26)25-17-11-16(22)18(27-2)12-19(17)28-3/h7-8,11-12H,4-6,9-10H2,1-3H3,(H,25,26). The summed E-state index contributed by atoms with van der Waals surface area (Å²) in [5, 5.41) is 13.1. The van der Waals surface area contributed by atoms with Crippen molar-refractivity contribution >= 4 is 35.0 Å². The minimum atomic E-state index is -0.183. The number of methoxy groups -OCH3 is 2. The Morgan fingerprint density at radius 3 is 2.69 bits per heavy atom. The van der Waals surface area contributed by atoms with Crippen LogP contribution in [0.5, 0.6) is 11.5 Å². The molecule has 2 rings (SSSR count). The van der Waals surface area contributed by atoms with Crippen molar-refractivity contribution in [3.8, 4) is 17.6 Å². The third-order valence-electron chi connectivity index (χ3n) is 4.14. The van der Waals surface area contributed by atoms with E-state index in [2.05, 4.69) is 23.3 Å². The number of thioether (sulfide) groups is 1. The van der Waals surface area contributed by atoms with Crippen LogP contribution in [0.2, 0.25) is 5.02 Å². The lowest BCUT2D eigenvalue weighted by atomic mass is 10.2. The summed E-state index contributed by atoms with van der Waals surface area (Å²) in [5.74, 6) is 1.24. The number of carbonyl (C=O) groups excluding carboxylic acids is 1. The molecule has 154 valence electrons. The number of carbonyl (C=O) groups is 1. The molecule has 0 fully saturated rings. The second-order valence-electron chi connectivity index (χ2n) is 6.20. The highest BCUT2D eigenvalue weighted by atomic mass is 35.5. The number of nitriles is 1. The van der Waals surface area contributed by atoms with Gasteiger partial charge >= 0.3 is 0 Å². The van der Waals surface area contributed by atoms with Crippen LogP contribution in [0.15, 0.2) is 29.3 Å². The van der Waals surface area contributed by atoms with Crippen LogP contribution in [-0.2, 0) is 11.2 Å². The molecule has 8 heteroatoms. The quantitative estimate of drug-likeness (QED) is 0.525. The van der Waals surface area contributed by atoms with Gasteiger partial charge in [-0.3, -0.25) is 4.79 Å². The highest BCUT2D eigenvalue weighted by Crippen LogP contribution is 2.36. The van der Waals surface area contributed by atoms with Gasteiger partial charge in [0.1, 0.15) is 22.6 Å². The topological polar surface area (TPSA) is 84.2 Å². The number of unbranched alkanes of at least 4 members (excludes halogenated alkanes) is 1. The largest absolute Gasteiger partial charge is 0.495 e. The van der Waals surface area contributed by atoms with Crippen molar-refractivity contribution in [2.45, 2.75) is 37.6 Å². The van der Waals surface area contributed by atoms with E-state index in [0.29, 0.717) is 38.6 Å². The van der Waals surface area contributed by atoms with Gasteiger partial charge in [0.2, 0.25) is 5.91 Å². The molecule has 1 heterocycles. The summed E-state index contributed by atoms with van der Waals surface area (Å²) < 4.78 is 10.4. The van der Waals surface area contributed by atoms with E-state index < -0.39 is 0 Å². The molecule has 0 unspecified atom stereocenters. The summed E-state index contributed by atoms with van der Waals surface area (Å²) in [6.45, 7) is 2.13. The Morgan fingerprint density at radius 1 is 1.28 bits per heavy atom. The zero-order chi connectivity index (χ0) is 21.2. The van der Waals surface area contributed by atoms with Crippen LogP contribution in [0.1, 0.15) is 37.4 Å². The van der Waals surface area contributed by atoms with E-state index in [4.69, 9.17) is 21.1 Å². The maximum absolute atomic E-state index is 12.4. The Labute approximate surface area is 180 Å². The molecule has 29 heavy (non-hydrogen) atoms. The number of hydrogen-bond acceptors (Lipinski definition) is 6. The molecule has 2 aromatic rings. The van der Waals surface area contributed by atoms with Crippen LogP contribution in [0, 0.1) is 11.3 Å². The molecule has 0 aliphatic carbocycles. The van der Waals surface area contributed by atoms with Crippen molar-refractivity contribution in [1.29, 1.82) is 5.26 Å². The normalized spacial score (nSPS) is 10.3. The van der Waals surface area contributed by atoms with Gasteiger partial charge in [-0.25, -0.2) is 4.98 Å². The molecular weight excluding hydrogens is 410 g/mol. The van der Waals surface area contributed by atoms with E-state index in [0.717, 1.165) is 25.0 Å². The van der Waals surface area contributed by atoms with Crippen molar-refractivity contribution in [3.63, 3.8) is 0 Å². The smallest absolute Gasteiger partial charge is 0.225 e. The number of rotatable bonds is 10. The summed E-state index contributed by atoms with van der Waals surface area (Å²) in [6.07, 6.45) is 3.28. The molecule has 6 nitrogen and oxygen atoms in total. The Balaban J connectivity index is 1.98. The molecule has 0 saturated heterocycles. The zero-order valence-corrected chi connectivity index (χ0v) is 18.3. The van der Waals surface area contributed by atoms with E-state index in [1.54, 1.807) is 18.2 Å². The predicted molar refractivity (Wildman–Crippen MR) is 116 cm³/mol. The van der Waals surface area contributed by atoms with Crippen molar-refractivity contribution in [1.82, 2.24) is 4.98 Å². The minimum Gasteiger partial charge on any atom is -0.495 e. The zero-order valence-electron chi connectivity index (χ0n) is 16.8. The molecule has 0 spiro atoms. The molecule has 0 atom stereocenters. The molecule has 0 aliphatic heterocycles. The van der Waals surface area contributed by atoms with E-state index >= 15 is 0 Å². The monoisotopic (exact) mass is 433 g/mol. The highest BCUT2D eigenvalue weighted by Gasteiger charge is 2.13. The third-order valence-corrected chi connectivity index (χ3v) is 5.43. The number of anilines is 1. The summed E-state index contributed by atoms with van der Waals surface area (Å²) >= 11 is 7.54. The van der Waals surface area contributed by atoms with E-state index in [9.17, 15) is 10.1 Å². The lowest BCUT2D eigenvalue weighted by Gasteiger charge is -2.13. The Kier molecular flexibility index (Phi) is 9.10. The van der Waals surface area contributed by atoms with Crippen LogP contribution >= 0.6 is 23.4 Å². The molecular formula is C21H24ClN3O3S. The number of hydrogen-bond donors (Lipinski definition) is 1. The fourth-order valence-corrected chi connectivity index (χ4v) is 3.75. The van der Waals surface area contributed by atoms with Crippen LogP contribution in [0.4, 0.5) is 5.69 Å². The second-order valence-corrected chi connectivity index (χ2v) is 7.70. The van der Waals surface area contributed by atoms with Crippen molar-refractivity contribution in [3.05, 3.63) is 40.5 Å². The number of aryl methyl sites for hydroxylation is 1. The maximum Gasteiger partial charge on any atom is 0.225 e. The van der Waals surface area contributed by atoms with Crippen molar-refractivity contribution in [2.24, 2.45) is 0 Å². The molecule has 0 saturated carbocycles. The summed E-state index contributed by atoms with van der Waals surface area (Å²) in [6, 6.07) is 9.07. The minimum absolute atomic E-state index is 0.183. The number of benzene rings is 1. The SMILES string of the molecule is CCCCc1ccc(C#N)c(SCCC(=O)Nc2cc(Cl)c(OC)cc2OC)n1. The summed E-state index contributed by atoms with van der Waals surface area (Å²) in [4.78, 5) is 16.9. The van der Waals surface area contributed by atoms with Crippen molar-refractivity contribution < 1.29 is 14.3 Å². The Morgan fingerprint density at radius 2 is 2.03 bits per heavy atom. The van der Waals surface area contributed by atoms with Crippen LogP contribution in [0.3, 0.4) is 0 Å². The summed E-state index contributed by atoms with van der Waals surface area (Å²) in [5.41, 5.74) is 1.97. The first kappa shape index (κ1) is 22.9. The first-order valence-electron chi connectivity index (χ1n) is 9.26. The highest BCUT2D eigenvalue weighted by molar-refractivity contribution is 7.99. The van der Waals surface area contributed by atoms with Gasteiger partial charge in [-0.1, -0.05) is 24.9 Å². The number of halogens is 1. The van der Waals surface area contributed by atoms with Gasteiger partial charge in [0.05, 0.1) is 30.5 Å². The van der Waals surface area contributed by atoms with Crippen molar-refractivity contribution in [2.75, 3.05) is 25.3 Å². The van der Waals surface area contributed by atoms with Gasteiger partial charge in [0, 0.05) is 23.9 Å². The van der Waals surface area contributed by atoms with E-state index in [1.807, 2.05) is 6.07 Å². The Bertz CT molecular complexity index is 899. The first-order chi connectivity index (χ1) is 14.0. The average Bonchev–Trinajstić information content (AvgIpc) is 2.72. The Hall–Kier alpha value is -2.43. The number of nitrogens with one attached hydrogen (secondary N) is 1. The fourth-order valence-electron chi connectivity index (χ4n) is 2.58. The molecule has 0 bridgehead atoms. The van der Waals surface area contributed by atoms with Gasteiger partial charge < -0.3 is 14.8 Å². The van der Waals surface area contributed by atoms with E-state index in [-0.39, 0.29) is 12.3 Å². The lowest BCUT2D eigenvalue weighted by molar-refractivity contribution is -0.115. The van der Waals surface area contributed by atoms with Gasteiger partial charge in [0.15, 0.2) is 0 Å². The number of ether oxygens (including phenoxy) is 2. The fraction of sp³-hybridized carbons (Fsp3) is 0.381. The molecule has 0 radical (unpaired) electrons. The van der Waals surface area contributed by atoms with E-state index in [1.165, 1.54) is 26.0 Å². The number of amides is 1. The number of aromatic nitrogens is 1. The van der Waals surface area contributed by atoms with Gasteiger partial charge in [-0.15, -0.1) is 11.8 Å². The predicted octanol–water partition coefficient (Wildman–Crippen LogP) is 5.09. The molecule has 1 aromatic heterocycles. The van der Waals surface area contributed by atoms with Crippen LogP contribution in [0.25, 0.3) is 0 Å². The molecule has 1 N–H and O–H groups in total. The van der Waals surface area contributed by atoms with Gasteiger partial charge in [-0.2, -0.15) is 5.26 Å².